The Labute approximate surface area is 201 Å². The lowest BCUT2D eigenvalue weighted by Gasteiger charge is -2.32. The first kappa shape index (κ1) is 26.7. The molecule has 0 aliphatic rings. The van der Waals surface area contributed by atoms with Crippen LogP contribution >= 0.6 is 11.6 Å². The lowest BCUT2D eigenvalue weighted by Crippen LogP contribution is -2.52. The van der Waals surface area contributed by atoms with Gasteiger partial charge in [-0.15, -0.1) is 0 Å². The zero-order valence-electron chi connectivity index (χ0n) is 19.7. The molecule has 0 radical (unpaired) electrons. The minimum absolute atomic E-state index is 0.0461. The highest BCUT2D eigenvalue weighted by Crippen LogP contribution is 2.26. The van der Waals surface area contributed by atoms with Gasteiger partial charge in [0.1, 0.15) is 12.6 Å². The molecule has 1 N–H and O–H groups in total. The van der Waals surface area contributed by atoms with Crippen LogP contribution in [0.2, 0.25) is 5.02 Å². The molecule has 2 rings (SSSR count). The second kappa shape index (κ2) is 11.5. The molecule has 0 saturated carbocycles. The van der Waals surface area contributed by atoms with E-state index in [0.717, 1.165) is 22.5 Å². The lowest BCUT2D eigenvalue weighted by molar-refractivity contribution is -0.139. The molecule has 0 heterocycles. The van der Waals surface area contributed by atoms with Crippen molar-refractivity contribution in [3.8, 4) is 0 Å². The van der Waals surface area contributed by atoms with Gasteiger partial charge in [0.15, 0.2) is 0 Å². The van der Waals surface area contributed by atoms with Crippen LogP contribution in [0.25, 0.3) is 0 Å². The summed E-state index contributed by atoms with van der Waals surface area (Å²) in [5.41, 5.74) is 1.82. The molecular formula is C24H32ClN3O4S. The average molecular weight is 494 g/mol. The zero-order chi connectivity index (χ0) is 24.8. The molecule has 7 nitrogen and oxygen atoms in total. The summed E-state index contributed by atoms with van der Waals surface area (Å²) in [5, 5.41) is 3.26. The minimum Gasteiger partial charge on any atom is -0.352 e. The fourth-order valence-electron chi connectivity index (χ4n) is 3.27. The molecular weight excluding hydrogens is 462 g/mol. The molecule has 33 heavy (non-hydrogen) atoms. The van der Waals surface area contributed by atoms with Crippen LogP contribution in [-0.2, 0) is 26.2 Å². The Balaban J connectivity index is 2.40. The van der Waals surface area contributed by atoms with Crippen molar-refractivity contribution in [1.29, 1.82) is 0 Å². The zero-order valence-corrected chi connectivity index (χ0v) is 21.3. The van der Waals surface area contributed by atoms with Gasteiger partial charge in [0.2, 0.25) is 21.8 Å². The first-order chi connectivity index (χ1) is 15.4. The quantitative estimate of drug-likeness (QED) is 0.546. The van der Waals surface area contributed by atoms with E-state index in [1.807, 2.05) is 44.2 Å². The first-order valence-electron chi connectivity index (χ1n) is 10.8. The summed E-state index contributed by atoms with van der Waals surface area (Å²) in [6.07, 6.45) is 1.79. The summed E-state index contributed by atoms with van der Waals surface area (Å²) < 4.78 is 26.3. The Morgan fingerprint density at radius 2 is 1.73 bits per heavy atom. The van der Waals surface area contributed by atoms with Crippen LogP contribution in [0, 0.1) is 6.92 Å². The number of sulfonamides is 1. The van der Waals surface area contributed by atoms with Crippen molar-refractivity contribution in [3.63, 3.8) is 0 Å². The predicted molar refractivity (Wildman–Crippen MR) is 133 cm³/mol. The average Bonchev–Trinajstić information content (AvgIpc) is 2.76. The second-order valence-electron chi connectivity index (χ2n) is 8.20. The van der Waals surface area contributed by atoms with Crippen LogP contribution in [0.3, 0.4) is 0 Å². The highest BCUT2D eigenvalue weighted by atomic mass is 35.5. The molecule has 2 amide bonds. The molecule has 0 aliphatic carbocycles. The van der Waals surface area contributed by atoms with Gasteiger partial charge in [-0.2, -0.15) is 0 Å². The lowest BCUT2D eigenvalue weighted by atomic mass is 10.1. The van der Waals surface area contributed by atoms with Crippen molar-refractivity contribution in [2.45, 2.75) is 52.7 Å². The van der Waals surface area contributed by atoms with E-state index in [0.29, 0.717) is 16.3 Å². The number of rotatable bonds is 10. The Morgan fingerprint density at radius 1 is 1.09 bits per heavy atom. The summed E-state index contributed by atoms with van der Waals surface area (Å²) >= 11 is 6.10. The van der Waals surface area contributed by atoms with Gasteiger partial charge in [0.05, 0.1) is 11.9 Å². The van der Waals surface area contributed by atoms with Crippen molar-refractivity contribution in [1.82, 2.24) is 10.2 Å². The number of carbonyl (C=O) groups excluding carboxylic acids is 2. The Kier molecular flexibility index (Phi) is 9.31. The van der Waals surface area contributed by atoms with Crippen molar-refractivity contribution >= 4 is 39.1 Å². The summed E-state index contributed by atoms with van der Waals surface area (Å²) in [6, 6.07) is 13.3. The van der Waals surface area contributed by atoms with Gasteiger partial charge in [-0.25, -0.2) is 8.42 Å². The van der Waals surface area contributed by atoms with Gasteiger partial charge in [-0.05, 0) is 50.5 Å². The molecule has 2 atom stereocenters. The maximum atomic E-state index is 13.5. The van der Waals surface area contributed by atoms with Crippen LogP contribution < -0.4 is 9.62 Å². The van der Waals surface area contributed by atoms with Crippen LogP contribution in [-0.4, -0.2) is 50.0 Å². The van der Waals surface area contributed by atoms with Gasteiger partial charge in [-0.3, -0.25) is 13.9 Å². The standard InChI is InChI=1S/C24H32ClN3O4S/c1-6-18(3)26-24(30)19(4)27(15-20-10-8-7-9-11-20)23(29)16-28(33(5,31)32)22-14-21(25)13-12-17(22)2/h7-14,18-19H,6,15-16H2,1-5H3,(H,26,30)/t18-,19-/m0/s1. The molecule has 0 unspecified atom stereocenters. The van der Waals surface area contributed by atoms with Crippen molar-refractivity contribution in [2.24, 2.45) is 0 Å². The number of nitrogens with zero attached hydrogens (tertiary/aromatic N) is 2. The molecule has 0 bridgehead atoms. The molecule has 2 aromatic carbocycles. The molecule has 0 spiro atoms. The molecule has 0 aliphatic heterocycles. The molecule has 0 fully saturated rings. The second-order valence-corrected chi connectivity index (χ2v) is 10.5. The third kappa shape index (κ3) is 7.47. The number of carbonyl (C=O) groups is 2. The number of anilines is 1. The number of hydrogen-bond donors (Lipinski definition) is 1. The Hall–Kier alpha value is -2.58. The topological polar surface area (TPSA) is 86.8 Å². The Morgan fingerprint density at radius 3 is 2.30 bits per heavy atom. The van der Waals surface area contributed by atoms with E-state index in [1.165, 1.54) is 11.0 Å². The summed E-state index contributed by atoms with van der Waals surface area (Å²) in [6.45, 7) is 6.96. The third-order valence-corrected chi connectivity index (χ3v) is 6.84. The van der Waals surface area contributed by atoms with Crippen molar-refractivity contribution < 1.29 is 18.0 Å². The number of halogens is 1. The summed E-state index contributed by atoms with van der Waals surface area (Å²) in [5.74, 6) is -0.783. The maximum Gasteiger partial charge on any atom is 0.244 e. The van der Waals surface area contributed by atoms with Gasteiger partial charge < -0.3 is 10.2 Å². The monoisotopic (exact) mass is 493 g/mol. The van der Waals surface area contributed by atoms with Crippen LogP contribution in [0.4, 0.5) is 5.69 Å². The largest absolute Gasteiger partial charge is 0.352 e. The predicted octanol–water partition coefficient (Wildman–Crippen LogP) is 3.75. The SMILES string of the molecule is CC[C@H](C)NC(=O)[C@H](C)N(Cc1ccccc1)C(=O)CN(c1cc(Cl)ccc1C)S(C)(=O)=O. The molecule has 9 heteroatoms. The fourth-order valence-corrected chi connectivity index (χ4v) is 4.34. The van der Waals surface area contributed by atoms with E-state index in [4.69, 9.17) is 11.6 Å². The smallest absolute Gasteiger partial charge is 0.244 e. The number of aryl methyl sites for hydroxylation is 1. The van der Waals surface area contributed by atoms with Gasteiger partial charge in [-0.1, -0.05) is 54.9 Å². The van der Waals surface area contributed by atoms with Crippen LogP contribution in [0.15, 0.2) is 48.5 Å². The normalized spacial score (nSPS) is 13.2. The highest BCUT2D eigenvalue weighted by Gasteiger charge is 2.31. The minimum atomic E-state index is -3.80. The summed E-state index contributed by atoms with van der Waals surface area (Å²) in [4.78, 5) is 27.7. The van der Waals surface area contributed by atoms with Crippen molar-refractivity contribution in [3.05, 3.63) is 64.7 Å². The van der Waals surface area contributed by atoms with E-state index in [9.17, 15) is 18.0 Å². The van der Waals surface area contributed by atoms with Gasteiger partial charge in [0.25, 0.3) is 0 Å². The van der Waals surface area contributed by atoms with E-state index in [-0.39, 0.29) is 18.5 Å². The van der Waals surface area contributed by atoms with Gasteiger partial charge in [0, 0.05) is 17.6 Å². The van der Waals surface area contributed by atoms with Crippen LogP contribution in [0.5, 0.6) is 0 Å². The number of benzene rings is 2. The number of nitrogens with one attached hydrogen (secondary N) is 1. The maximum absolute atomic E-state index is 13.5. The van der Waals surface area contributed by atoms with Crippen LogP contribution in [0.1, 0.15) is 38.3 Å². The van der Waals surface area contributed by atoms with E-state index < -0.39 is 28.5 Å². The third-order valence-electron chi connectivity index (χ3n) is 5.48. The van der Waals surface area contributed by atoms with Crippen molar-refractivity contribution in [2.75, 3.05) is 17.1 Å². The summed E-state index contributed by atoms with van der Waals surface area (Å²) in [7, 11) is -3.80. The molecule has 0 saturated heterocycles. The molecule has 180 valence electrons. The van der Waals surface area contributed by atoms with E-state index in [1.54, 1.807) is 26.0 Å². The number of amides is 2. The molecule has 0 aromatic heterocycles. The van der Waals surface area contributed by atoms with E-state index >= 15 is 0 Å². The molecule has 2 aromatic rings. The van der Waals surface area contributed by atoms with Gasteiger partial charge >= 0.3 is 0 Å². The fraction of sp³-hybridized carbons (Fsp3) is 0.417. The van der Waals surface area contributed by atoms with E-state index in [2.05, 4.69) is 5.32 Å². The number of hydrogen-bond acceptors (Lipinski definition) is 4. The highest BCUT2D eigenvalue weighted by molar-refractivity contribution is 7.92. The Bertz CT molecular complexity index is 1080. The first-order valence-corrected chi connectivity index (χ1v) is 13.0.